The first-order valence-corrected chi connectivity index (χ1v) is 14.0. The average molecular weight is 453 g/mol. The molecule has 0 N–H and O–H groups in total. The zero-order valence-corrected chi connectivity index (χ0v) is 19.8. The third-order valence-electron chi connectivity index (χ3n) is 5.94. The van der Waals surface area contributed by atoms with Gasteiger partial charge in [-0.1, -0.05) is 121 Å². The van der Waals surface area contributed by atoms with E-state index in [4.69, 9.17) is 0 Å². The fourth-order valence-electron chi connectivity index (χ4n) is 3.72. The lowest BCUT2D eigenvalue weighted by molar-refractivity contribution is 0.627. The van der Waals surface area contributed by atoms with Crippen molar-refractivity contribution < 1.29 is 8.78 Å². The van der Waals surface area contributed by atoms with Crippen molar-refractivity contribution in [1.29, 1.82) is 0 Å². The number of rotatable bonds is 6. The highest BCUT2D eigenvalue weighted by Gasteiger charge is 2.25. The lowest BCUT2D eigenvalue weighted by Crippen LogP contribution is -2.52. The fourth-order valence-corrected chi connectivity index (χ4v) is 6.05. The molecular weight excluding hydrogens is 426 g/mol. The van der Waals surface area contributed by atoms with Gasteiger partial charge in [-0.15, -0.1) is 0 Å². The van der Waals surface area contributed by atoms with Gasteiger partial charge >= 0.3 is 0 Å². The molecule has 33 heavy (non-hydrogen) atoms. The Labute approximate surface area is 195 Å². The summed E-state index contributed by atoms with van der Waals surface area (Å²) in [6.45, 7) is 4.72. The highest BCUT2D eigenvalue weighted by atomic mass is 28.3. The maximum Gasteiger partial charge on any atom is 0.123 e. The van der Waals surface area contributed by atoms with Crippen molar-refractivity contribution in [2.45, 2.75) is 13.1 Å². The quantitative estimate of drug-likeness (QED) is 0.216. The van der Waals surface area contributed by atoms with E-state index in [1.807, 2.05) is 24.3 Å². The molecule has 0 amide bonds. The second kappa shape index (κ2) is 9.93. The predicted octanol–water partition coefficient (Wildman–Crippen LogP) is 7.13. The summed E-state index contributed by atoms with van der Waals surface area (Å²) in [6.07, 6.45) is 8.09. The van der Waals surface area contributed by atoms with E-state index in [0.29, 0.717) is 0 Å². The maximum atomic E-state index is 13.1. The Bertz CT molecular complexity index is 1150. The Hall–Kier alpha value is -3.56. The van der Waals surface area contributed by atoms with Gasteiger partial charge in [0.05, 0.1) is 0 Å². The Balaban J connectivity index is 1.45. The molecule has 0 nitrogen and oxygen atoms in total. The monoisotopic (exact) mass is 452 g/mol. The maximum absolute atomic E-state index is 13.1. The first kappa shape index (κ1) is 22.6. The molecule has 4 rings (SSSR count). The van der Waals surface area contributed by atoms with Crippen molar-refractivity contribution in [3.05, 3.63) is 131 Å². The van der Waals surface area contributed by atoms with Crippen molar-refractivity contribution in [2.75, 3.05) is 0 Å². The molecule has 0 spiro atoms. The minimum Gasteiger partial charge on any atom is -0.207 e. The van der Waals surface area contributed by atoms with Crippen LogP contribution >= 0.6 is 0 Å². The molecule has 0 saturated heterocycles. The summed E-state index contributed by atoms with van der Waals surface area (Å²) < 4.78 is 26.1. The van der Waals surface area contributed by atoms with Gasteiger partial charge in [-0.25, -0.2) is 8.78 Å². The van der Waals surface area contributed by atoms with Crippen molar-refractivity contribution in [3.8, 4) is 0 Å². The highest BCUT2D eigenvalue weighted by Crippen LogP contribution is 2.13. The summed E-state index contributed by atoms with van der Waals surface area (Å²) in [5, 5.41) is 2.74. The van der Waals surface area contributed by atoms with Crippen LogP contribution in [0.3, 0.4) is 0 Å². The van der Waals surface area contributed by atoms with Crippen LogP contribution in [0.2, 0.25) is 13.1 Å². The van der Waals surface area contributed by atoms with Crippen molar-refractivity contribution in [3.63, 3.8) is 0 Å². The normalized spacial score (nSPS) is 12.0. The topological polar surface area (TPSA) is 0 Å². The standard InChI is InChI=1S/C30H26F2Si/c1-33(2,29-19-11-25(12-20-29)5-3-23-7-15-27(31)16-8-23)30-21-13-26(14-22-30)6-4-24-9-17-28(32)18-10-24/h3-22H,1-2H3/b5-3+,6-4+. The molecule has 0 aliphatic heterocycles. The zero-order valence-electron chi connectivity index (χ0n) is 18.8. The summed E-state index contributed by atoms with van der Waals surface area (Å²) in [4.78, 5) is 0. The molecule has 0 atom stereocenters. The van der Waals surface area contributed by atoms with Crippen LogP contribution in [0.4, 0.5) is 8.78 Å². The Kier molecular flexibility index (Phi) is 6.81. The van der Waals surface area contributed by atoms with Gasteiger partial charge in [-0.2, -0.15) is 0 Å². The van der Waals surface area contributed by atoms with E-state index in [9.17, 15) is 8.78 Å². The minimum absolute atomic E-state index is 0.222. The van der Waals surface area contributed by atoms with Crippen LogP contribution in [0.1, 0.15) is 22.3 Å². The van der Waals surface area contributed by atoms with E-state index in [-0.39, 0.29) is 11.6 Å². The van der Waals surface area contributed by atoms with Crippen molar-refractivity contribution in [2.24, 2.45) is 0 Å². The highest BCUT2D eigenvalue weighted by molar-refractivity contribution is 7.00. The summed E-state index contributed by atoms with van der Waals surface area (Å²) in [5.41, 5.74) is 4.19. The molecule has 3 heteroatoms. The molecule has 0 aromatic heterocycles. The summed E-state index contributed by atoms with van der Waals surface area (Å²) in [5.74, 6) is -0.443. The Morgan fingerprint density at radius 3 is 0.939 bits per heavy atom. The second-order valence-electron chi connectivity index (χ2n) is 8.64. The summed E-state index contributed by atoms with van der Waals surface area (Å²) in [6, 6.07) is 30.4. The van der Waals surface area contributed by atoms with Crippen LogP contribution in [-0.2, 0) is 0 Å². The third kappa shape index (κ3) is 5.82. The van der Waals surface area contributed by atoms with Crippen LogP contribution in [-0.4, -0.2) is 8.07 Å². The SMILES string of the molecule is C[Si](C)(c1ccc(/C=C/c2ccc(F)cc2)cc1)c1ccc(/C=C/c2ccc(F)cc2)cc1. The number of halogens is 2. The molecule has 0 saturated carbocycles. The average Bonchev–Trinajstić information content (AvgIpc) is 2.84. The molecule has 0 aliphatic rings. The van der Waals surface area contributed by atoms with Crippen molar-refractivity contribution in [1.82, 2.24) is 0 Å². The first-order chi connectivity index (χ1) is 15.9. The summed E-state index contributed by atoms with van der Waals surface area (Å²) in [7, 11) is -1.82. The minimum atomic E-state index is -1.82. The molecule has 0 fully saturated rings. The van der Waals surface area contributed by atoms with E-state index in [2.05, 4.69) is 61.6 Å². The second-order valence-corrected chi connectivity index (χ2v) is 13.0. The van der Waals surface area contributed by atoms with Gasteiger partial charge < -0.3 is 0 Å². The molecule has 0 aliphatic carbocycles. The van der Waals surface area contributed by atoms with Crippen LogP contribution in [0.15, 0.2) is 97.1 Å². The van der Waals surface area contributed by atoms with Gasteiger partial charge in [-0.3, -0.25) is 0 Å². The van der Waals surface area contributed by atoms with Crippen LogP contribution in [0, 0.1) is 11.6 Å². The molecule has 0 unspecified atom stereocenters. The lowest BCUT2D eigenvalue weighted by atomic mass is 10.1. The van der Waals surface area contributed by atoms with Gasteiger partial charge in [0.1, 0.15) is 19.7 Å². The van der Waals surface area contributed by atoms with E-state index < -0.39 is 8.07 Å². The van der Waals surface area contributed by atoms with Gasteiger partial charge in [0.2, 0.25) is 0 Å². The van der Waals surface area contributed by atoms with Crippen molar-refractivity contribution >= 4 is 42.8 Å². The van der Waals surface area contributed by atoms with Crippen LogP contribution in [0.25, 0.3) is 24.3 Å². The lowest BCUT2D eigenvalue weighted by Gasteiger charge is -2.24. The smallest absolute Gasteiger partial charge is 0.123 e. The van der Waals surface area contributed by atoms with Gasteiger partial charge in [0.15, 0.2) is 0 Å². The molecule has 164 valence electrons. The molecule has 0 radical (unpaired) electrons. The molecule has 4 aromatic rings. The number of hydrogen-bond donors (Lipinski definition) is 0. The molecule has 0 heterocycles. The molecule has 0 bridgehead atoms. The van der Waals surface area contributed by atoms with E-state index in [1.54, 1.807) is 24.3 Å². The first-order valence-electron chi connectivity index (χ1n) is 11.0. The van der Waals surface area contributed by atoms with E-state index in [1.165, 1.54) is 34.6 Å². The van der Waals surface area contributed by atoms with Gasteiger partial charge in [0.25, 0.3) is 0 Å². The van der Waals surface area contributed by atoms with Crippen LogP contribution < -0.4 is 10.4 Å². The van der Waals surface area contributed by atoms with Crippen LogP contribution in [0.5, 0.6) is 0 Å². The van der Waals surface area contributed by atoms with E-state index in [0.717, 1.165) is 22.3 Å². The predicted molar refractivity (Wildman–Crippen MR) is 140 cm³/mol. The zero-order chi connectivity index (χ0) is 23.3. The Morgan fingerprint density at radius 1 is 0.424 bits per heavy atom. The largest absolute Gasteiger partial charge is 0.207 e. The number of benzene rings is 4. The van der Waals surface area contributed by atoms with E-state index >= 15 is 0 Å². The fraction of sp³-hybridized carbons (Fsp3) is 0.0667. The van der Waals surface area contributed by atoms with Gasteiger partial charge in [0, 0.05) is 0 Å². The Morgan fingerprint density at radius 2 is 0.667 bits per heavy atom. The third-order valence-corrected chi connectivity index (χ3v) is 9.49. The molecule has 4 aromatic carbocycles. The summed E-state index contributed by atoms with van der Waals surface area (Å²) >= 11 is 0. The van der Waals surface area contributed by atoms with Gasteiger partial charge in [-0.05, 0) is 46.5 Å². The molecular formula is C30H26F2Si. The number of hydrogen-bond acceptors (Lipinski definition) is 0.